The van der Waals surface area contributed by atoms with Crippen molar-refractivity contribution in [3.05, 3.63) is 13.8 Å². The van der Waals surface area contributed by atoms with Gasteiger partial charge >= 0.3 is 27.3 Å². The van der Waals surface area contributed by atoms with E-state index in [1.807, 2.05) is 0 Å². The minimum absolute atomic E-state index is 0. The molecule has 0 aliphatic rings. The molecule has 0 radical (unpaired) electrons. The van der Waals surface area contributed by atoms with Gasteiger partial charge in [0.1, 0.15) is 0 Å². The second-order valence-corrected chi connectivity index (χ2v) is 7.61. The van der Waals surface area contributed by atoms with Crippen LogP contribution in [0.1, 0.15) is 118 Å². The predicted molar refractivity (Wildman–Crippen MR) is 105 cm³/mol. The molecule has 136 valence electrons. The van der Waals surface area contributed by atoms with Crippen LogP contribution in [-0.2, 0) is 27.3 Å². The van der Waals surface area contributed by atoms with Crippen LogP contribution in [0.25, 0.3) is 0 Å². The predicted octanol–water partition coefficient (Wildman–Crippen LogP) is 8.41. The van der Waals surface area contributed by atoms with Crippen LogP contribution in [0.3, 0.4) is 0 Å². The molecule has 0 saturated carbocycles. The molecule has 0 heterocycles. The van der Waals surface area contributed by atoms with Crippen LogP contribution in [0.2, 0.25) is 0 Å². The van der Waals surface area contributed by atoms with Gasteiger partial charge in [0.2, 0.25) is 0 Å². The van der Waals surface area contributed by atoms with E-state index in [2.05, 4.69) is 41.5 Å². The largest absolute Gasteiger partial charge is 2.00 e. The maximum Gasteiger partial charge on any atom is 2.00 e. The van der Waals surface area contributed by atoms with Crippen molar-refractivity contribution in [1.82, 2.24) is 0 Å². The number of rotatable bonds is 14. The Morgan fingerprint density at radius 1 is 0.478 bits per heavy atom. The number of unbranched alkanes of at least 4 members (excludes halogenated alkanes) is 10. The van der Waals surface area contributed by atoms with Gasteiger partial charge in [-0.25, -0.2) is 0 Å². The van der Waals surface area contributed by atoms with E-state index in [0.29, 0.717) is 0 Å². The average Bonchev–Trinajstić information content (AvgIpc) is 2.46. The Hall–Kier alpha value is 0.922. The van der Waals surface area contributed by atoms with Crippen LogP contribution < -0.4 is 0 Å². The summed E-state index contributed by atoms with van der Waals surface area (Å²) >= 11 is 0. The van der Waals surface area contributed by atoms with Crippen molar-refractivity contribution in [2.24, 2.45) is 11.8 Å². The standard InChI is InChI=1S/2C11H23.Cd/c2*1-4-5-6-7-8-9-10-11(2)3;/h2*11H,1,4-10H2,2-3H3;/q2*-1;+2. The Bertz CT molecular complexity index is 155. The van der Waals surface area contributed by atoms with Gasteiger partial charge in [0.05, 0.1) is 0 Å². The third-order valence-corrected chi connectivity index (χ3v) is 4.06. The average molecular weight is 423 g/mol. The van der Waals surface area contributed by atoms with E-state index in [4.69, 9.17) is 0 Å². The third kappa shape index (κ3) is 35.0. The van der Waals surface area contributed by atoms with E-state index in [0.717, 1.165) is 24.7 Å². The van der Waals surface area contributed by atoms with Crippen molar-refractivity contribution in [1.29, 1.82) is 0 Å². The summed E-state index contributed by atoms with van der Waals surface area (Å²) in [6.07, 6.45) is 19.0. The molecule has 0 bridgehead atoms. The van der Waals surface area contributed by atoms with Gasteiger partial charge in [0.25, 0.3) is 0 Å². The van der Waals surface area contributed by atoms with E-state index >= 15 is 0 Å². The molecular formula is C22H46Cd. The van der Waals surface area contributed by atoms with Crippen molar-refractivity contribution in [3.8, 4) is 0 Å². The van der Waals surface area contributed by atoms with Gasteiger partial charge < -0.3 is 13.8 Å². The molecular weight excluding hydrogens is 377 g/mol. The Labute approximate surface area is 170 Å². The summed E-state index contributed by atoms with van der Waals surface area (Å²) in [6.45, 7) is 16.9. The summed E-state index contributed by atoms with van der Waals surface area (Å²) in [6, 6.07) is 0. The first-order chi connectivity index (χ1) is 10.5. The van der Waals surface area contributed by atoms with Crippen molar-refractivity contribution in [3.63, 3.8) is 0 Å². The summed E-state index contributed by atoms with van der Waals surface area (Å²) < 4.78 is 0. The van der Waals surface area contributed by atoms with E-state index < -0.39 is 0 Å². The third-order valence-electron chi connectivity index (χ3n) is 4.06. The maximum absolute atomic E-state index is 3.83. The van der Waals surface area contributed by atoms with Crippen LogP contribution in [-0.4, -0.2) is 0 Å². The summed E-state index contributed by atoms with van der Waals surface area (Å²) in [7, 11) is 0. The van der Waals surface area contributed by atoms with Crippen LogP contribution in [0.4, 0.5) is 0 Å². The fraction of sp³-hybridized carbons (Fsp3) is 0.909. The molecule has 0 N–H and O–H groups in total. The molecule has 0 nitrogen and oxygen atoms in total. The first-order valence-corrected chi connectivity index (χ1v) is 10.1. The smallest absolute Gasteiger partial charge is 0.343 e. The molecule has 0 amide bonds. The van der Waals surface area contributed by atoms with Gasteiger partial charge in [-0.05, 0) is 11.8 Å². The zero-order chi connectivity index (χ0) is 17.1. The molecule has 0 fully saturated rings. The normalized spacial score (nSPS) is 10.4. The van der Waals surface area contributed by atoms with E-state index in [9.17, 15) is 0 Å². The molecule has 1 heteroatoms. The first-order valence-electron chi connectivity index (χ1n) is 10.1. The molecule has 0 aliphatic carbocycles. The molecule has 0 aromatic carbocycles. The van der Waals surface area contributed by atoms with Crippen LogP contribution in [0.5, 0.6) is 0 Å². The van der Waals surface area contributed by atoms with Crippen molar-refractivity contribution >= 4 is 0 Å². The van der Waals surface area contributed by atoms with E-state index in [-0.39, 0.29) is 27.3 Å². The van der Waals surface area contributed by atoms with Gasteiger partial charge in [0, 0.05) is 0 Å². The summed E-state index contributed by atoms with van der Waals surface area (Å²) in [4.78, 5) is 0. The molecule has 0 rings (SSSR count). The SMILES string of the molecule is [CH2-]CCCCCCCC(C)C.[CH2-]CCCCCCCC(C)C.[Cd+2]. The second-order valence-electron chi connectivity index (χ2n) is 7.61. The summed E-state index contributed by atoms with van der Waals surface area (Å²) in [5.41, 5.74) is 0. The minimum atomic E-state index is 0. The van der Waals surface area contributed by atoms with Crippen LogP contribution >= 0.6 is 0 Å². The van der Waals surface area contributed by atoms with E-state index in [1.54, 1.807) is 0 Å². The molecule has 0 aromatic heterocycles. The van der Waals surface area contributed by atoms with Crippen molar-refractivity contribution in [2.45, 2.75) is 118 Å². The Kier molecular flexibility index (Phi) is 31.4. The van der Waals surface area contributed by atoms with Gasteiger partial charge in [0.15, 0.2) is 0 Å². The maximum atomic E-state index is 3.83. The Balaban J connectivity index is -0.000000333. The fourth-order valence-corrected chi connectivity index (χ4v) is 2.52. The minimum Gasteiger partial charge on any atom is -0.343 e. The second kappa shape index (κ2) is 25.2. The molecule has 0 saturated heterocycles. The van der Waals surface area contributed by atoms with Gasteiger partial charge in [-0.15, -0.1) is 0 Å². The van der Waals surface area contributed by atoms with E-state index in [1.165, 1.54) is 77.0 Å². The van der Waals surface area contributed by atoms with Gasteiger partial charge in [-0.1, -0.05) is 105 Å². The number of hydrogen-bond donors (Lipinski definition) is 0. The monoisotopic (exact) mass is 424 g/mol. The zero-order valence-electron chi connectivity index (χ0n) is 17.2. The molecule has 23 heavy (non-hydrogen) atoms. The van der Waals surface area contributed by atoms with Gasteiger partial charge in [-0.2, -0.15) is 12.8 Å². The van der Waals surface area contributed by atoms with Crippen LogP contribution in [0.15, 0.2) is 0 Å². The molecule has 0 spiro atoms. The Morgan fingerprint density at radius 2 is 0.739 bits per heavy atom. The molecule has 0 aliphatic heterocycles. The number of hydrogen-bond acceptors (Lipinski definition) is 0. The topological polar surface area (TPSA) is 0 Å². The molecule has 0 aromatic rings. The fourth-order valence-electron chi connectivity index (χ4n) is 2.52. The first kappa shape index (κ1) is 28.7. The summed E-state index contributed by atoms with van der Waals surface area (Å²) in [5.74, 6) is 1.78. The van der Waals surface area contributed by atoms with Crippen molar-refractivity contribution < 1.29 is 27.3 Å². The van der Waals surface area contributed by atoms with Crippen LogP contribution in [0, 0.1) is 25.7 Å². The molecule has 0 atom stereocenters. The molecule has 0 unspecified atom stereocenters. The quantitative estimate of drug-likeness (QED) is 0.150. The van der Waals surface area contributed by atoms with Gasteiger partial charge in [-0.3, -0.25) is 0 Å². The zero-order valence-corrected chi connectivity index (χ0v) is 21.2. The Morgan fingerprint density at radius 3 is 1.00 bits per heavy atom. The van der Waals surface area contributed by atoms with Crippen molar-refractivity contribution in [2.75, 3.05) is 0 Å². The summed E-state index contributed by atoms with van der Waals surface area (Å²) in [5, 5.41) is 0.